The number of nitrogens with two attached hydrogens (primary N) is 1. The van der Waals surface area contributed by atoms with E-state index >= 15 is 0 Å². The number of carbonyl (C=O) groups is 1. The maximum Gasteiger partial charge on any atom is 0.132 e. The number of carbonyl (C=O) groups excluding carboxylic acids is 1. The molecule has 2 nitrogen and oxygen atoms in total. The quantitative estimate of drug-likeness (QED) is 0.860. The van der Waals surface area contributed by atoms with E-state index in [0.29, 0.717) is 25.2 Å². The summed E-state index contributed by atoms with van der Waals surface area (Å²) in [5, 5.41) is 0.738. The molecule has 1 aromatic carbocycles. The molecule has 2 N–H and O–H groups in total. The van der Waals surface area contributed by atoms with Crippen LogP contribution in [0.2, 0.25) is 5.02 Å². The summed E-state index contributed by atoms with van der Waals surface area (Å²) in [6, 6.07) is 7.85. The molecule has 3 heteroatoms. The normalized spacial score (nSPS) is 19.8. The van der Waals surface area contributed by atoms with Crippen LogP contribution in [-0.4, -0.2) is 12.3 Å². The van der Waals surface area contributed by atoms with Crippen LogP contribution in [0.25, 0.3) is 0 Å². The first kappa shape index (κ1) is 11.6. The molecule has 0 atom stereocenters. The molecule has 0 amide bonds. The van der Waals surface area contributed by atoms with Gasteiger partial charge in [-0.3, -0.25) is 4.79 Å². The van der Waals surface area contributed by atoms with Gasteiger partial charge in [0.2, 0.25) is 0 Å². The van der Waals surface area contributed by atoms with E-state index in [2.05, 4.69) is 6.07 Å². The minimum absolute atomic E-state index is 0.0428. The van der Waals surface area contributed by atoms with Gasteiger partial charge in [0.15, 0.2) is 0 Å². The Morgan fingerprint density at radius 3 is 2.56 bits per heavy atom. The van der Waals surface area contributed by atoms with Gasteiger partial charge < -0.3 is 5.73 Å². The van der Waals surface area contributed by atoms with Crippen molar-refractivity contribution in [1.82, 2.24) is 0 Å². The molecule has 0 saturated heterocycles. The minimum atomic E-state index is -0.0428. The van der Waals surface area contributed by atoms with E-state index in [0.717, 1.165) is 17.9 Å². The summed E-state index contributed by atoms with van der Waals surface area (Å²) >= 11 is 6.00. The molecule has 0 spiro atoms. The highest BCUT2D eigenvalue weighted by molar-refractivity contribution is 6.30. The lowest BCUT2D eigenvalue weighted by molar-refractivity contribution is -0.121. The molecule has 1 fully saturated rings. The smallest absolute Gasteiger partial charge is 0.132 e. The predicted molar refractivity (Wildman–Crippen MR) is 65.7 cm³/mol. The average molecular weight is 238 g/mol. The van der Waals surface area contributed by atoms with Gasteiger partial charge in [0.25, 0.3) is 0 Å². The highest BCUT2D eigenvalue weighted by Crippen LogP contribution is 2.38. The van der Waals surface area contributed by atoms with Gasteiger partial charge in [-0.05, 0) is 30.5 Å². The number of rotatable bonds is 2. The number of benzene rings is 1. The van der Waals surface area contributed by atoms with Crippen LogP contribution in [0, 0.1) is 0 Å². The third-order valence-corrected chi connectivity index (χ3v) is 3.83. The molecule has 1 saturated carbocycles. The summed E-state index contributed by atoms with van der Waals surface area (Å²) in [5.74, 6) is 0.353. The van der Waals surface area contributed by atoms with E-state index in [-0.39, 0.29) is 5.41 Å². The van der Waals surface area contributed by atoms with Crippen molar-refractivity contribution < 1.29 is 4.79 Å². The van der Waals surface area contributed by atoms with Crippen molar-refractivity contribution >= 4 is 17.4 Å². The maximum atomic E-state index is 11.3. The van der Waals surface area contributed by atoms with E-state index < -0.39 is 0 Å². The molecule has 0 aliphatic heterocycles. The number of Topliss-reactive ketones (excluding diaryl/α,β-unsaturated/α-hetero) is 1. The number of hydrogen-bond acceptors (Lipinski definition) is 2. The van der Waals surface area contributed by atoms with Crippen LogP contribution < -0.4 is 5.73 Å². The zero-order valence-electron chi connectivity index (χ0n) is 9.21. The molecule has 86 valence electrons. The van der Waals surface area contributed by atoms with Gasteiger partial charge in [0.1, 0.15) is 5.78 Å². The largest absolute Gasteiger partial charge is 0.330 e. The molecule has 0 aromatic heterocycles. The SMILES string of the molecule is NCC1(c2cccc(Cl)c2)CCC(=O)CC1. The van der Waals surface area contributed by atoms with Crippen molar-refractivity contribution in [2.24, 2.45) is 5.73 Å². The molecule has 1 aromatic rings. The van der Waals surface area contributed by atoms with Crippen molar-refractivity contribution in [2.45, 2.75) is 31.1 Å². The van der Waals surface area contributed by atoms with Crippen molar-refractivity contribution in [3.63, 3.8) is 0 Å². The van der Waals surface area contributed by atoms with Gasteiger partial charge in [-0.1, -0.05) is 23.7 Å². The van der Waals surface area contributed by atoms with Gasteiger partial charge in [-0.15, -0.1) is 0 Å². The second kappa shape index (κ2) is 4.56. The Labute approximate surface area is 101 Å². The summed E-state index contributed by atoms with van der Waals surface area (Å²) in [4.78, 5) is 11.3. The van der Waals surface area contributed by atoms with Gasteiger partial charge in [0.05, 0.1) is 0 Å². The topological polar surface area (TPSA) is 43.1 Å². The molecule has 0 heterocycles. The lowest BCUT2D eigenvalue weighted by Crippen LogP contribution is -2.39. The molecular weight excluding hydrogens is 222 g/mol. The molecule has 2 rings (SSSR count). The van der Waals surface area contributed by atoms with Crippen molar-refractivity contribution in [1.29, 1.82) is 0 Å². The predicted octanol–water partition coefficient (Wildman–Crippen LogP) is 2.68. The lowest BCUT2D eigenvalue weighted by atomic mass is 9.69. The Balaban J connectivity index is 2.31. The number of ketones is 1. The summed E-state index contributed by atoms with van der Waals surface area (Å²) in [5.41, 5.74) is 7.04. The fourth-order valence-electron chi connectivity index (χ4n) is 2.44. The van der Waals surface area contributed by atoms with Gasteiger partial charge in [-0.25, -0.2) is 0 Å². The van der Waals surface area contributed by atoms with Crippen LogP contribution in [0.15, 0.2) is 24.3 Å². The molecule has 0 unspecified atom stereocenters. The van der Waals surface area contributed by atoms with Crippen LogP contribution in [0.5, 0.6) is 0 Å². The third kappa shape index (κ3) is 2.13. The summed E-state index contributed by atoms with van der Waals surface area (Å²) in [6.45, 7) is 0.584. The Hall–Kier alpha value is -0.860. The van der Waals surface area contributed by atoms with E-state index in [4.69, 9.17) is 17.3 Å². The monoisotopic (exact) mass is 237 g/mol. The van der Waals surface area contributed by atoms with Gasteiger partial charge >= 0.3 is 0 Å². The summed E-state index contributed by atoms with van der Waals surface area (Å²) < 4.78 is 0. The van der Waals surface area contributed by atoms with Gasteiger partial charge in [0, 0.05) is 29.8 Å². The second-order valence-electron chi connectivity index (χ2n) is 4.53. The second-order valence-corrected chi connectivity index (χ2v) is 4.97. The van der Waals surface area contributed by atoms with Crippen molar-refractivity contribution in [3.8, 4) is 0 Å². The Morgan fingerprint density at radius 2 is 2.00 bits per heavy atom. The van der Waals surface area contributed by atoms with Crippen molar-refractivity contribution in [2.75, 3.05) is 6.54 Å². The van der Waals surface area contributed by atoms with Crippen LogP contribution in [0.1, 0.15) is 31.2 Å². The molecule has 0 bridgehead atoms. The maximum absolute atomic E-state index is 11.3. The Morgan fingerprint density at radius 1 is 1.31 bits per heavy atom. The fourth-order valence-corrected chi connectivity index (χ4v) is 2.63. The zero-order chi connectivity index (χ0) is 11.6. The van der Waals surface area contributed by atoms with Crippen LogP contribution >= 0.6 is 11.6 Å². The first-order valence-electron chi connectivity index (χ1n) is 5.64. The average Bonchev–Trinajstić information content (AvgIpc) is 2.31. The first-order chi connectivity index (χ1) is 7.66. The van der Waals surface area contributed by atoms with E-state index in [1.807, 2.05) is 18.2 Å². The molecule has 16 heavy (non-hydrogen) atoms. The van der Waals surface area contributed by atoms with E-state index in [1.165, 1.54) is 5.56 Å². The summed E-state index contributed by atoms with van der Waals surface area (Å²) in [6.07, 6.45) is 2.98. The zero-order valence-corrected chi connectivity index (χ0v) is 9.96. The highest BCUT2D eigenvalue weighted by Gasteiger charge is 2.35. The Kier molecular flexibility index (Phi) is 3.31. The standard InChI is InChI=1S/C13H16ClNO/c14-11-3-1-2-10(8-11)13(9-15)6-4-12(16)5-7-13/h1-3,8H,4-7,9,15H2. The van der Waals surface area contributed by atoms with E-state index in [9.17, 15) is 4.79 Å². The highest BCUT2D eigenvalue weighted by atomic mass is 35.5. The van der Waals surface area contributed by atoms with E-state index in [1.54, 1.807) is 0 Å². The minimum Gasteiger partial charge on any atom is -0.330 e. The van der Waals surface area contributed by atoms with Crippen LogP contribution in [-0.2, 0) is 10.2 Å². The molecule has 1 aliphatic carbocycles. The van der Waals surface area contributed by atoms with Gasteiger partial charge in [-0.2, -0.15) is 0 Å². The molecular formula is C13H16ClNO. The number of halogens is 1. The van der Waals surface area contributed by atoms with Crippen LogP contribution in [0.3, 0.4) is 0 Å². The number of hydrogen-bond donors (Lipinski definition) is 1. The van der Waals surface area contributed by atoms with Crippen molar-refractivity contribution in [3.05, 3.63) is 34.9 Å². The first-order valence-corrected chi connectivity index (χ1v) is 6.02. The Bertz CT molecular complexity index is 393. The lowest BCUT2D eigenvalue weighted by Gasteiger charge is -2.36. The van der Waals surface area contributed by atoms with Crippen LogP contribution in [0.4, 0.5) is 0 Å². The fraction of sp³-hybridized carbons (Fsp3) is 0.462. The molecule has 0 radical (unpaired) electrons. The molecule has 1 aliphatic rings. The third-order valence-electron chi connectivity index (χ3n) is 3.59. The summed E-state index contributed by atoms with van der Waals surface area (Å²) in [7, 11) is 0.